The van der Waals surface area contributed by atoms with E-state index in [0.29, 0.717) is 32.5 Å². The molecule has 4 rings (SSSR count). The Morgan fingerprint density at radius 3 is 2.24 bits per heavy atom. The minimum absolute atomic E-state index is 0.00550. The van der Waals surface area contributed by atoms with Crippen LogP contribution < -0.4 is 4.90 Å². The lowest BCUT2D eigenvalue weighted by molar-refractivity contribution is -0.192. The van der Waals surface area contributed by atoms with E-state index in [-0.39, 0.29) is 23.9 Å². The maximum absolute atomic E-state index is 13.7. The molecule has 1 amide bonds. The molecule has 2 fully saturated rings. The average molecular weight is 561 g/mol. The molecule has 208 valence electrons. The van der Waals surface area contributed by atoms with E-state index in [2.05, 4.69) is 9.88 Å². The van der Waals surface area contributed by atoms with E-state index < -0.39 is 33.5 Å². The summed E-state index contributed by atoms with van der Waals surface area (Å²) >= 11 is 0. The van der Waals surface area contributed by atoms with Crippen LogP contribution in [0.4, 0.5) is 23.2 Å². The highest BCUT2D eigenvalue weighted by Gasteiger charge is 2.51. The maximum Gasteiger partial charge on any atom is 0.490 e. The fraction of sp³-hybridized carbons (Fsp3) is 0.458. The summed E-state index contributed by atoms with van der Waals surface area (Å²) in [6.07, 6.45) is -2.58. The number of halogens is 4. The van der Waals surface area contributed by atoms with Crippen molar-refractivity contribution in [2.24, 2.45) is 0 Å². The second kappa shape index (κ2) is 11.3. The lowest BCUT2D eigenvalue weighted by Crippen LogP contribution is -2.69. The lowest BCUT2D eigenvalue weighted by atomic mass is 9.83. The van der Waals surface area contributed by atoms with Crippen molar-refractivity contribution >= 4 is 27.6 Å². The largest absolute Gasteiger partial charge is 0.490 e. The molecular formula is C24H28F4N4O5S. The number of aromatic nitrogens is 1. The van der Waals surface area contributed by atoms with E-state index >= 15 is 0 Å². The molecule has 1 spiro atoms. The van der Waals surface area contributed by atoms with Crippen LogP contribution >= 0.6 is 0 Å². The molecule has 38 heavy (non-hydrogen) atoms. The van der Waals surface area contributed by atoms with Crippen LogP contribution in [0.1, 0.15) is 25.5 Å². The van der Waals surface area contributed by atoms with Gasteiger partial charge in [-0.25, -0.2) is 17.6 Å². The van der Waals surface area contributed by atoms with Crippen molar-refractivity contribution in [3.05, 3.63) is 54.1 Å². The monoisotopic (exact) mass is 560 g/mol. The zero-order valence-corrected chi connectivity index (χ0v) is 21.6. The van der Waals surface area contributed by atoms with Gasteiger partial charge in [0.2, 0.25) is 15.9 Å². The van der Waals surface area contributed by atoms with Crippen LogP contribution in [-0.4, -0.2) is 84.0 Å². The fourth-order valence-corrected chi connectivity index (χ4v) is 6.13. The maximum atomic E-state index is 13.7. The van der Waals surface area contributed by atoms with Gasteiger partial charge in [0.25, 0.3) is 0 Å². The number of aryl methyl sites for hydroxylation is 1. The van der Waals surface area contributed by atoms with Gasteiger partial charge in [-0.05, 0) is 56.6 Å². The van der Waals surface area contributed by atoms with Crippen LogP contribution in [0.15, 0.2) is 47.5 Å². The predicted molar refractivity (Wildman–Crippen MR) is 129 cm³/mol. The van der Waals surface area contributed by atoms with Gasteiger partial charge in [-0.2, -0.15) is 17.5 Å². The van der Waals surface area contributed by atoms with Crippen LogP contribution in [0.2, 0.25) is 0 Å². The van der Waals surface area contributed by atoms with Gasteiger partial charge >= 0.3 is 12.1 Å². The van der Waals surface area contributed by atoms with Crippen molar-refractivity contribution in [2.75, 3.05) is 37.6 Å². The smallest absolute Gasteiger partial charge is 0.475 e. The Labute approximate surface area is 217 Å². The van der Waals surface area contributed by atoms with Crippen LogP contribution in [0.5, 0.6) is 0 Å². The molecule has 0 aliphatic carbocycles. The van der Waals surface area contributed by atoms with Crippen LogP contribution in [-0.2, 0) is 19.6 Å². The number of anilines is 1. The molecule has 0 radical (unpaired) electrons. The highest BCUT2D eigenvalue weighted by Crippen LogP contribution is 2.37. The van der Waals surface area contributed by atoms with Crippen LogP contribution in [0.25, 0.3) is 0 Å². The summed E-state index contributed by atoms with van der Waals surface area (Å²) in [7, 11) is -3.81. The first-order valence-corrected chi connectivity index (χ1v) is 13.2. The second-order valence-electron chi connectivity index (χ2n) is 8.89. The average Bonchev–Trinajstić information content (AvgIpc) is 2.86. The summed E-state index contributed by atoms with van der Waals surface area (Å²) < 4.78 is 72.7. The van der Waals surface area contributed by atoms with Crippen molar-refractivity contribution in [1.82, 2.24) is 14.2 Å². The van der Waals surface area contributed by atoms with E-state index in [1.54, 1.807) is 11.1 Å². The van der Waals surface area contributed by atoms with Crippen molar-refractivity contribution in [3.63, 3.8) is 0 Å². The molecule has 0 atom stereocenters. The van der Waals surface area contributed by atoms with Gasteiger partial charge in [0.1, 0.15) is 11.4 Å². The second-order valence-corrected chi connectivity index (χ2v) is 10.8. The normalized spacial score (nSPS) is 18.7. The number of pyridine rings is 1. The molecular weight excluding hydrogens is 532 g/mol. The number of piperidine rings is 1. The topological polar surface area (TPSA) is 111 Å². The molecule has 0 saturated carbocycles. The van der Waals surface area contributed by atoms with Crippen LogP contribution in [0, 0.1) is 12.7 Å². The first-order chi connectivity index (χ1) is 17.7. The number of carboxylic acids is 1. The van der Waals surface area contributed by atoms with Gasteiger partial charge in [0, 0.05) is 31.9 Å². The number of likely N-dealkylation sites (N-methyl/N-ethyl adjacent to an activating group) is 1. The standard InChI is InChI=1S/C22H27FN4O3S.C2HF3O2/c1-3-25-13-14-27(19-8-7-17(2)24-16-19)21(28)22(25)9-11-26(12-10-22)31(29,30)20-6-4-5-18(23)15-20;3-2(4,5)1(6)7/h4-8,15-16H,3,9-14H2,1-2H3;(H,6,7). The number of alkyl halides is 3. The van der Waals surface area contributed by atoms with E-state index in [4.69, 9.17) is 9.90 Å². The Morgan fingerprint density at radius 2 is 1.74 bits per heavy atom. The number of piperazine rings is 1. The quantitative estimate of drug-likeness (QED) is 0.573. The number of carbonyl (C=O) groups excluding carboxylic acids is 1. The van der Waals surface area contributed by atoms with Crippen molar-refractivity contribution in [3.8, 4) is 0 Å². The molecule has 2 aliphatic rings. The fourth-order valence-electron chi connectivity index (χ4n) is 4.65. The Balaban J connectivity index is 0.000000505. The minimum Gasteiger partial charge on any atom is -0.475 e. The Hall–Kier alpha value is -3.10. The summed E-state index contributed by atoms with van der Waals surface area (Å²) in [4.78, 5) is 30.8. The number of rotatable bonds is 4. The first-order valence-electron chi connectivity index (χ1n) is 11.8. The molecule has 1 aromatic carbocycles. The molecule has 3 heterocycles. The van der Waals surface area contributed by atoms with E-state index in [1.165, 1.54) is 22.5 Å². The summed E-state index contributed by atoms with van der Waals surface area (Å²) in [6.45, 7) is 6.34. The van der Waals surface area contributed by atoms with Crippen molar-refractivity contribution < 1.29 is 40.7 Å². The number of amides is 1. The summed E-state index contributed by atoms with van der Waals surface area (Å²) in [5.41, 5.74) is 0.903. The molecule has 1 aromatic heterocycles. The molecule has 1 N–H and O–H groups in total. The summed E-state index contributed by atoms with van der Waals surface area (Å²) in [5.74, 6) is -3.35. The number of benzene rings is 1. The van der Waals surface area contributed by atoms with Crippen molar-refractivity contribution in [2.45, 2.75) is 43.3 Å². The van der Waals surface area contributed by atoms with Gasteiger partial charge in [-0.1, -0.05) is 13.0 Å². The number of aliphatic carboxylic acids is 1. The van der Waals surface area contributed by atoms with E-state index in [0.717, 1.165) is 17.4 Å². The number of carbonyl (C=O) groups is 2. The highest BCUT2D eigenvalue weighted by atomic mass is 32.2. The third-order valence-corrected chi connectivity index (χ3v) is 8.55. The van der Waals surface area contributed by atoms with Crippen LogP contribution in [0.3, 0.4) is 0 Å². The molecule has 9 nitrogen and oxygen atoms in total. The number of sulfonamides is 1. The number of hydrogen-bond donors (Lipinski definition) is 1. The zero-order valence-electron chi connectivity index (χ0n) is 20.8. The number of nitrogens with zero attached hydrogens (tertiary/aromatic N) is 4. The number of carboxylic acid groups (broad SMARTS) is 1. The molecule has 0 unspecified atom stereocenters. The predicted octanol–water partition coefficient (Wildman–Crippen LogP) is 3.05. The highest BCUT2D eigenvalue weighted by molar-refractivity contribution is 7.89. The molecule has 2 aromatic rings. The Morgan fingerprint density at radius 1 is 1.11 bits per heavy atom. The molecule has 2 saturated heterocycles. The van der Waals surface area contributed by atoms with Crippen molar-refractivity contribution in [1.29, 1.82) is 0 Å². The lowest BCUT2D eigenvalue weighted by Gasteiger charge is -2.52. The zero-order chi connectivity index (χ0) is 28.3. The minimum atomic E-state index is -5.08. The third-order valence-electron chi connectivity index (χ3n) is 6.66. The van der Waals surface area contributed by atoms with E-state index in [1.807, 2.05) is 26.0 Å². The Kier molecular flexibility index (Phi) is 8.79. The first kappa shape index (κ1) is 29.5. The molecule has 14 heteroatoms. The summed E-state index contributed by atoms with van der Waals surface area (Å²) in [6, 6.07) is 8.84. The van der Waals surface area contributed by atoms with Gasteiger partial charge in [-0.3, -0.25) is 14.7 Å². The molecule has 2 aliphatic heterocycles. The SMILES string of the molecule is CCN1CCN(c2ccc(C)nc2)C(=O)C12CCN(S(=O)(=O)c1cccc(F)c1)CC2.O=C(O)C(F)(F)F. The number of hydrogen-bond acceptors (Lipinski definition) is 6. The van der Waals surface area contributed by atoms with Gasteiger partial charge in [0.15, 0.2) is 0 Å². The summed E-state index contributed by atoms with van der Waals surface area (Å²) in [5, 5.41) is 7.12. The molecule has 0 bridgehead atoms. The van der Waals surface area contributed by atoms with Gasteiger partial charge in [0.05, 0.1) is 16.8 Å². The third kappa shape index (κ3) is 6.13. The Bertz CT molecular complexity index is 1260. The van der Waals surface area contributed by atoms with Gasteiger partial charge in [-0.15, -0.1) is 0 Å². The van der Waals surface area contributed by atoms with Gasteiger partial charge < -0.3 is 10.0 Å². The van der Waals surface area contributed by atoms with E-state index in [9.17, 15) is 30.8 Å².